The van der Waals surface area contributed by atoms with Gasteiger partial charge in [0.2, 0.25) is 5.91 Å². The standard InChI is InChI=1S/C23H24FN3O2/c1-14-9-18-20(16-5-3-2-4-6-16)21(23(29)27-22(18)26-11-14)19(28)8-7-15-10-17(24)13-25-12-15/h2-8,10,12-14,18,20-22,26H,9,11H2,1H3,(H,27,29)/b8-7+. The molecule has 0 saturated carbocycles. The maximum absolute atomic E-state index is 13.4. The number of ketones is 1. The number of carbonyl (C=O) groups is 2. The molecule has 2 fully saturated rings. The predicted octanol–water partition coefficient (Wildman–Crippen LogP) is 2.90. The Morgan fingerprint density at radius 3 is 2.79 bits per heavy atom. The number of rotatable bonds is 4. The summed E-state index contributed by atoms with van der Waals surface area (Å²) in [6, 6.07) is 11.1. The summed E-state index contributed by atoms with van der Waals surface area (Å²) < 4.78 is 13.4. The number of halogens is 1. The molecule has 5 unspecified atom stereocenters. The van der Waals surface area contributed by atoms with Crippen LogP contribution in [0.3, 0.4) is 0 Å². The van der Waals surface area contributed by atoms with Crippen molar-refractivity contribution in [2.75, 3.05) is 6.54 Å². The van der Waals surface area contributed by atoms with Gasteiger partial charge in [-0.1, -0.05) is 37.3 Å². The van der Waals surface area contributed by atoms with E-state index in [1.165, 1.54) is 24.4 Å². The number of hydrogen-bond acceptors (Lipinski definition) is 4. The summed E-state index contributed by atoms with van der Waals surface area (Å²) in [5.74, 6) is -1.47. The average Bonchev–Trinajstić information content (AvgIpc) is 2.72. The van der Waals surface area contributed by atoms with Crippen LogP contribution in [0.4, 0.5) is 4.39 Å². The minimum Gasteiger partial charge on any atom is -0.340 e. The molecule has 0 radical (unpaired) electrons. The van der Waals surface area contributed by atoms with Crippen molar-refractivity contribution >= 4 is 17.8 Å². The van der Waals surface area contributed by atoms with Gasteiger partial charge in [0.05, 0.1) is 12.4 Å². The molecule has 0 aliphatic carbocycles. The molecule has 5 atom stereocenters. The molecule has 29 heavy (non-hydrogen) atoms. The van der Waals surface area contributed by atoms with E-state index in [9.17, 15) is 14.0 Å². The lowest BCUT2D eigenvalue weighted by Gasteiger charge is -2.47. The minimum absolute atomic E-state index is 0.122. The summed E-state index contributed by atoms with van der Waals surface area (Å²) in [7, 11) is 0. The Bertz CT molecular complexity index is 931. The summed E-state index contributed by atoms with van der Waals surface area (Å²) in [6.45, 7) is 3.02. The van der Waals surface area contributed by atoms with E-state index in [1.54, 1.807) is 0 Å². The molecule has 2 aliphatic heterocycles. The molecule has 2 saturated heterocycles. The lowest BCUT2D eigenvalue weighted by atomic mass is 9.67. The van der Waals surface area contributed by atoms with Crippen molar-refractivity contribution in [3.05, 3.63) is 71.8 Å². The van der Waals surface area contributed by atoms with E-state index in [-0.39, 0.29) is 29.7 Å². The van der Waals surface area contributed by atoms with Gasteiger partial charge in [0, 0.05) is 18.0 Å². The molecule has 2 aromatic rings. The van der Waals surface area contributed by atoms with Crippen LogP contribution in [0.1, 0.15) is 30.4 Å². The molecular formula is C23H24FN3O2. The zero-order valence-electron chi connectivity index (χ0n) is 16.2. The van der Waals surface area contributed by atoms with Gasteiger partial charge in [-0.25, -0.2) is 4.39 Å². The fourth-order valence-corrected chi connectivity index (χ4v) is 4.55. The third kappa shape index (κ3) is 4.12. The molecule has 4 rings (SSSR count). The number of benzene rings is 1. The number of hydrogen-bond donors (Lipinski definition) is 2. The fraction of sp³-hybridized carbons (Fsp3) is 0.348. The number of nitrogens with one attached hydrogen (secondary N) is 2. The molecular weight excluding hydrogens is 369 g/mol. The van der Waals surface area contributed by atoms with Crippen LogP contribution >= 0.6 is 0 Å². The van der Waals surface area contributed by atoms with E-state index in [0.717, 1.165) is 24.7 Å². The van der Waals surface area contributed by atoms with Crippen LogP contribution < -0.4 is 10.6 Å². The Balaban J connectivity index is 1.67. The predicted molar refractivity (Wildman–Crippen MR) is 108 cm³/mol. The first-order valence-corrected chi connectivity index (χ1v) is 9.94. The number of pyridine rings is 1. The zero-order chi connectivity index (χ0) is 20.4. The summed E-state index contributed by atoms with van der Waals surface area (Å²) >= 11 is 0. The second-order valence-electron chi connectivity index (χ2n) is 7.99. The van der Waals surface area contributed by atoms with Gasteiger partial charge in [0.1, 0.15) is 11.7 Å². The highest BCUT2D eigenvalue weighted by molar-refractivity contribution is 6.09. The Hall–Kier alpha value is -2.86. The quantitative estimate of drug-likeness (QED) is 0.619. The highest BCUT2D eigenvalue weighted by Crippen LogP contribution is 2.42. The van der Waals surface area contributed by atoms with Crippen LogP contribution in [0.5, 0.6) is 0 Å². The van der Waals surface area contributed by atoms with Crippen molar-refractivity contribution in [1.29, 1.82) is 0 Å². The molecule has 3 heterocycles. The third-order valence-electron chi connectivity index (χ3n) is 5.85. The molecule has 0 bridgehead atoms. The molecule has 5 nitrogen and oxygen atoms in total. The Morgan fingerprint density at radius 1 is 1.24 bits per heavy atom. The topological polar surface area (TPSA) is 71.1 Å². The third-order valence-corrected chi connectivity index (χ3v) is 5.85. The number of carbonyl (C=O) groups excluding carboxylic acids is 2. The lowest BCUT2D eigenvalue weighted by molar-refractivity contribution is -0.138. The van der Waals surface area contributed by atoms with Crippen LogP contribution in [-0.2, 0) is 9.59 Å². The van der Waals surface area contributed by atoms with E-state index in [2.05, 4.69) is 22.5 Å². The number of piperidine rings is 2. The van der Waals surface area contributed by atoms with Crippen molar-refractivity contribution in [3.8, 4) is 0 Å². The van der Waals surface area contributed by atoms with Gasteiger partial charge in [-0.2, -0.15) is 0 Å². The Morgan fingerprint density at radius 2 is 2.03 bits per heavy atom. The van der Waals surface area contributed by atoms with E-state index in [4.69, 9.17) is 0 Å². The van der Waals surface area contributed by atoms with Gasteiger partial charge in [-0.15, -0.1) is 0 Å². The van der Waals surface area contributed by atoms with Crippen LogP contribution in [0.25, 0.3) is 6.08 Å². The minimum atomic E-state index is -0.816. The smallest absolute Gasteiger partial charge is 0.232 e. The van der Waals surface area contributed by atoms with Crippen molar-refractivity contribution in [3.63, 3.8) is 0 Å². The molecule has 1 amide bonds. The lowest BCUT2D eigenvalue weighted by Crippen LogP contribution is -2.63. The highest BCUT2D eigenvalue weighted by Gasteiger charge is 2.48. The first kappa shape index (κ1) is 19.5. The summed E-state index contributed by atoms with van der Waals surface area (Å²) in [5.41, 5.74) is 1.48. The van der Waals surface area contributed by atoms with Crippen molar-refractivity contribution < 1.29 is 14.0 Å². The van der Waals surface area contributed by atoms with E-state index in [0.29, 0.717) is 11.5 Å². The van der Waals surface area contributed by atoms with Gasteiger partial charge in [0.15, 0.2) is 5.78 Å². The van der Waals surface area contributed by atoms with Gasteiger partial charge < -0.3 is 5.32 Å². The monoisotopic (exact) mass is 393 g/mol. The van der Waals surface area contributed by atoms with Gasteiger partial charge in [-0.3, -0.25) is 19.9 Å². The van der Waals surface area contributed by atoms with E-state index < -0.39 is 11.7 Å². The SMILES string of the molecule is CC1CNC2NC(=O)C(C(=O)/C=C/c3cncc(F)c3)C(c3ccccc3)C2C1. The first-order valence-electron chi connectivity index (χ1n) is 9.94. The highest BCUT2D eigenvalue weighted by atomic mass is 19.1. The van der Waals surface area contributed by atoms with E-state index >= 15 is 0 Å². The van der Waals surface area contributed by atoms with Crippen LogP contribution in [-0.4, -0.2) is 29.4 Å². The second-order valence-corrected chi connectivity index (χ2v) is 7.99. The van der Waals surface area contributed by atoms with Crippen molar-refractivity contribution in [2.45, 2.75) is 25.4 Å². The normalized spacial score (nSPS) is 29.3. The first-order chi connectivity index (χ1) is 14.0. The number of aromatic nitrogens is 1. The van der Waals surface area contributed by atoms with Crippen molar-refractivity contribution in [1.82, 2.24) is 15.6 Å². The largest absolute Gasteiger partial charge is 0.340 e. The maximum atomic E-state index is 13.4. The van der Waals surface area contributed by atoms with Crippen LogP contribution in [0.15, 0.2) is 54.9 Å². The Labute approximate surface area is 169 Å². The number of amides is 1. The average molecular weight is 393 g/mol. The zero-order valence-corrected chi connectivity index (χ0v) is 16.2. The molecule has 2 aliphatic rings. The molecule has 150 valence electrons. The number of fused-ring (bicyclic) bond motifs is 1. The summed E-state index contributed by atoms with van der Waals surface area (Å²) in [5, 5.41) is 6.41. The molecule has 0 spiro atoms. The van der Waals surface area contributed by atoms with Gasteiger partial charge >= 0.3 is 0 Å². The molecule has 1 aromatic carbocycles. The molecule has 2 N–H and O–H groups in total. The number of nitrogens with zero attached hydrogens (tertiary/aromatic N) is 1. The summed E-state index contributed by atoms with van der Waals surface area (Å²) in [4.78, 5) is 29.9. The molecule has 6 heteroatoms. The van der Waals surface area contributed by atoms with Gasteiger partial charge in [0.25, 0.3) is 0 Å². The fourth-order valence-electron chi connectivity index (χ4n) is 4.55. The van der Waals surface area contributed by atoms with E-state index in [1.807, 2.05) is 30.3 Å². The Kier molecular flexibility index (Phi) is 5.53. The molecule has 1 aromatic heterocycles. The maximum Gasteiger partial charge on any atom is 0.232 e. The summed E-state index contributed by atoms with van der Waals surface area (Å²) in [6.07, 6.45) is 6.27. The van der Waals surface area contributed by atoms with Crippen LogP contribution in [0, 0.1) is 23.6 Å². The van der Waals surface area contributed by atoms with Gasteiger partial charge in [-0.05, 0) is 48.2 Å². The number of allylic oxidation sites excluding steroid dienone is 1. The van der Waals surface area contributed by atoms with Crippen LogP contribution in [0.2, 0.25) is 0 Å². The van der Waals surface area contributed by atoms with Crippen molar-refractivity contribution in [2.24, 2.45) is 17.8 Å². The second kappa shape index (κ2) is 8.25.